The zero-order chi connectivity index (χ0) is 9.68. The first-order valence-electron chi connectivity index (χ1n) is 5.60. The summed E-state index contributed by atoms with van der Waals surface area (Å²) in [4.78, 5) is 2.56. The summed E-state index contributed by atoms with van der Waals surface area (Å²) in [6.07, 6.45) is 5.02. The molecule has 1 aliphatic heterocycles. The SMILES string of the molecule is CC(C)C(CCO)N1CCCCC1. The molecule has 2 heteroatoms. The molecule has 0 spiro atoms. The van der Waals surface area contributed by atoms with Crippen LogP contribution in [0.4, 0.5) is 0 Å². The molecule has 1 fully saturated rings. The highest BCUT2D eigenvalue weighted by Crippen LogP contribution is 2.19. The Hall–Kier alpha value is -0.0800. The minimum Gasteiger partial charge on any atom is -0.396 e. The normalized spacial score (nSPS) is 22.2. The average Bonchev–Trinajstić information content (AvgIpc) is 2.15. The van der Waals surface area contributed by atoms with E-state index >= 15 is 0 Å². The van der Waals surface area contributed by atoms with Crippen LogP contribution < -0.4 is 0 Å². The van der Waals surface area contributed by atoms with E-state index in [1.54, 1.807) is 0 Å². The van der Waals surface area contributed by atoms with E-state index in [0.29, 0.717) is 18.6 Å². The maximum Gasteiger partial charge on any atom is 0.0446 e. The van der Waals surface area contributed by atoms with E-state index in [1.807, 2.05) is 0 Å². The summed E-state index contributed by atoms with van der Waals surface area (Å²) in [5.41, 5.74) is 0. The predicted molar refractivity (Wildman–Crippen MR) is 55.8 cm³/mol. The van der Waals surface area contributed by atoms with E-state index in [2.05, 4.69) is 18.7 Å². The number of hydrogen-bond donors (Lipinski definition) is 1. The molecule has 13 heavy (non-hydrogen) atoms. The van der Waals surface area contributed by atoms with Gasteiger partial charge in [-0.05, 0) is 38.3 Å². The van der Waals surface area contributed by atoms with Gasteiger partial charge in [0.05, 0.1) is 0 Å². The number of piperidine rings is 1. The largest absolute Gasteiger partial charge is 0.396 e. The van der Waals surface area contributed by atoms with Crippen molar-refractivity contribution in [2.24, 2.45) is 5.92 Å². The number of likely N-dealkylation sites (tertiary alicyclic amines) is 1. The molecule has 1 aliphatic rings. The summed E-state index contributed by atoms with van der Waals surface area (Å²) >= 11 is 0. The Labute approximate surface area is 81.9 Å². The smallest absolute Gasteiger partial charge is 0.0446 e. The second-order valence-electron chi connectivity index (χ2n) is 4.42. The first kappa shape index (κ1) is 11.0. The minimum atomic E-state index is 0.333. The van der Waals surface area contributed by atoms with Crippen molar-refractivity contribution in [3.8, 4) is 0 Å². The fourth-order valence-electron chi connectivity index (χ4n) is 2.32. The van der Waals surface area contributed by atoms with Crippen LogP contribution >= 0.6 is 0 Å². The Morgan fingerprint density at radius 2 is 1.77 bits per heavy atom. The zero-order valence-electron chi connectivity index (χ0n) is 9.00. The number of rotatable bonds is 4. The van der Waals surface area contributed by atoms with Crippen molar-refractivity contribution in [3.05, 3.63) is 0 Å². The van der Waals surface area contributed by atoms with Gasteiger partial charge in [0.15, 0.2) is 0 Å². The monoisotopic (exact) mass is 185 g/mol. The van der Waals surface area contributed by atoms with Crippen LogP contribution in [0.5, 0.6) is 0 Å². The molecule has 1 unspecified atom stereocenters. The lowest BCUT2D eigenvalue weighted by atomic mass is 9.97. The number of aliphatic hydroxyl groups excluding tert-OH is 1. The first-order valence-corrected chi connectivity index (χ1v) is 5.60. The topological polar surface area (TPSA) is 23.5 Å². The maximum absolute atomic E-state index is 8.99. The van der Waals surface area contributed by atoms with Crippen LogP contribution in [-0.4, -0.2) is 35.7 Å². The molecule has 1 atom stereocenters. The molecule has 1 N–H and O–H groups in total. The first-order chi connectivity index (χ1) is 6.25. The minimum absolute atomic E-state index is 0.333. The Bertz CT molecular complexity index is 130. The predicted octanol–water partition coefficient (Wildman–Crippen LogP) is 1.88. The molecule has 0 aromatic rings. The van der Waals surface area contributed by atoms with Crippen molar-refractivity contribution in [2.45, 2.75) is 45.6 Å². The van der Waals surface area contributed by atoms with Crippen molar-refractivity contribution < 1.29 is 5.11 Å². The van der Waals surface area contributed by atoms with E-state index < -0.39 is 0 Å². The number of hydrogen-bond acceptors (Lipinski definition) is 2. The Kier molecular flexibility index (Phi) is 4.74. The Morgan fingerprint density at radius 1 is 1.15 bits per heavy atom. The summed E-state index contributed by atoms with van der Waals surface area (Å²) in [6.45, 7) is 7.33. The summed E-state index contributed by atoms with van der Waals surface area (Å²) in [7, 11) is 0. The van der Waals surface area contributed by atoms with Crippen LogP contribution in [-0.2, 0) is 0 Å². The van der Waals surface area contributed by atoms with Gasteiger partial charge < -0.3 is 10.0 Å². The van der Waals surface area contributed by atoms with Crippen molar-refractivity contribution in [3.63, 3.8) is 0 Å². The second kappa shape index (κ2) is 5.61. The van der Waals surface area contributed by atoms with Crippen LogP contribution in [0.2, 0.25) is 0 Å². The molecule has 0 aliphatic carbocycles. The van der Waals surface area contributed by atoms with Gasteiger partial charge in [0.25, 0.3) is 0 Å². The molecular weight excluding hydrogens is 162 g/mol. The quantitative estimate of drug-likeness (QED) is 0.723. The molecule has 1 heterocycles. The summed E-state index contributed by atoms with van der Waals surface area (Å²) < 4.78 is 0. The van der Waals surface area contributed by atoms with Gasteiger partial charge >= 0.3 is 0 Å². The van der Waals surface area contributed by atoms with Gasteiger partial charge in [-0.25, -0.2) is 0 Å². The molecular formula is C11H23NO. The third-order valence-corrected chi connectivity index (χ3v) is 3.05. The Morgan fingerprint density at radius 3 is 2.23 bits per heavy atom. The Balaban J connectivity index is 2.41. The molecule has 2 nitrogen and oxygen atoms in total. The van der Waals surface area contributed by atoms with Gasteiger partial charge in [0.2, 0.25) is 0 Å². The van der Waals surface area contributed by atoms with E-state index in [9.17, 15) is 0 Å². The standard InChI is InChI=1S/C11H23NO/c1-10(2)11(6-9-13)12-7-4-3-5-8-12/h10-11,13H,3-9H2,1-2H3. The van der Waals surface area contributed by atoms with Crippen LogP contribution in [0.25, 0.3) is 0 Å². The highest BCUT2D eigenvalue weighted by Gasteiger charge is 2.22. The van der Waals surface area contributed by atoms with E-state index in [1.165, 1.54) is 32.4 Å². The molecule has 0 amide bonds. The summed E-state index contributed by atoms with van der Waals surface area (Å²) in [5, 5.41) is 8.99. The van der Waals surface area contributed by atoms with Crippen LogP contribution in [0.1, 0.15) is 39.5 Å². The van der Waals surface area contributed by atoms with Crippen LogP contribution in [0.15, 0.2) is 0 Å². The van der Waals surface area contributed by atoms with Crippen molar-refractivity contribution >= 4 is 0 Å². The molecule has 0 aromatic carbocycles. The van der Waals surface area contributed by atoms with Crippen LogP contribution in [0, 0.1) is 5.92 Å². The van der Waals surface area contributed by atoms with Crippen molar-refractivity contribution in [1.82, 2.24) is 4.90 Å². The number of nitrogens with zero attached hydrogens (tertiary/aromatic N) is 1. The van der Waals surface area contributed by atoms with Gasteiger partial charge in [-0.2, -0.15) is 0 Å². The maximum atomic E-state index is 8.99. The summed E-state index contributed by atoms with van der Waals surface area (Å²) in [5.74, 6) is 0.672. The van der Waals surface area contributed by atoms with E-state index in [-0.39, 0.29) is 0 Å². The molecule has 1 rings (SSSR count). The van der Waals surface area contributed by atoms with Crippen molar-refractivity contribution in [1.29, 1.82) is 0 Å². The lowest BCUT2D eigenvalue weighted by Gasteiger charge is -2.36. The van der Waals surface area contributed by atoms with E-state index in [0.717, 1.165) is 6.42 Å². The van der Waals surface area contributed by atoms with Crippen LogP contribution in [0.3, 0.4) is 0 Å². The van der Waals surface area contributed by atoms with Gasteiger partial charge in [0, 0.05) is 12.6 Å². The van der Waals surface area contributed by atoms with E-state index in [4.69, 9.17) is 5.11 Å². The summed E-state index contributed by atoms with van der Waals surface area (Å²) in [6, 6.07) is 0.602. The molecule has 0 aromatic heterocycles. The third-order valence-electron chi connectivity index (χ3n) is 3.05. The molecule has 78 valence electrons. The zero-order valence-corrected chi connectivity index (χ0v) is 9.00. The fraction of sp³-hybridized carbons (Fsp3) is 1.00. The molecule has 0 bridgehead atoms. The average molecular weight is 185 g/mol. The lowest BCUT2D eigenvalue weighted by molar-refractivity contribution is 0.102. The third kappa shape index (κ3) is 3.28. The lowest BCUT2D eigenvalue weighted by Crippen LogP contribution is -2.42. The highest BCUT2D eigenvalue weighted by atomic mass is 16.3. The molecule has 0 saturated carbocycles. The van der Waals surface area contributed by atoms with Gasteiger partial charge in [-0.3, -0.25) is 0 Å². The van der Waals surface area contributed by atoms with Gasteiger partial charge in [-0.1, -0.05) is 20.3 Å². The highest BCUT2D eigenvalue weighted by molar-refractivity contribution is 4.77. The fourth-order valence-corrected chi connectivity index (χ4v) is 2.32. The number of aliphatic hydroxyl groups is 1. The van der Waals surface area contributed by atoms with Gasteiger partial charge in [-0.15, -0.1) is 0 Å². The molecule has 0 radical (unpaired) electrons. The van der Waals surface area contributed by atoms with Crippen molar-refractivity contribution in [2.75, 3.05) is 19.7 Å². The second-order valence-corrected chi connectivity index (χ2v) is 4.42. The van der Waals surface area contributed by atoms with Gasteiger partial charge in [0.1, 0.15) is 0 Å². The molecule has 1 saturated heterocycles.